The van der Waals surface area contributed by atoms with Gasteiger partial charge in [0.05, 0.1) is 13.2 Å². The second-order valence-corrected chi connectivity index (χ2v) is 8.90. The van der Waals surface area contributed by atoms with Gasteiger partial charge in [0.15, 0.2) is 5.69 Å². The lowest BCUT2D eigenvalue weighted by molar-refractivity contribution is 0.0297. The molecule has 5 rings (SSSR count). The molecule has 0 radical (unpaired) electrons. The first kappa shape index (κ1) is 20.8. The standard InChI is InChI=1S/C23H29ClN4O3/c1-2-28-20-5-4-18(27-9-12-31-21-6-3-17(24)13-16(21)15-27)14-19(20)22(25-28)23(29)26-7-10-30-11-8-26/h3,6,13,18H,2,4-5,7-12,14-15H2,1H3. The predicted octanol–water partition coefficient (Wildman–Crippen LogP) is 2.78. The van der Waals surface area contributed by atoms with Crippen molar-refractivity contribution in [2.45, 2.75) is 45.3 Å². The highest BCUT2D eigenvalue weighted by atomic mass is 35.5. The van der Waals surface area contributed by atoms with E-state index in [4.69, 9.17) is 26.2 Å². The Labute approximate surface area is 187 Å². The van der Waals surface area contributed by atoms with E-state index in [0.717, 1.165) is 60.8 Å². The minimum absolute atomic E-state index is 0.0451. The van der Waals surface area contributed by atoms with Crippen LogP contribution in [0.15, 0.2) is 18.2 Å². The number of hydrogen-bond acceptors (Lipinski definition) is 5. The summed E-state index contributed by atoms with van der Waals surface area (Å²) in [5, 5.41) is 5.49. The first-order valence-corrected chi connectivity index (χ1v) is 11.6. The van der Waals surface area contributed by atoms with Gasteiger partial charge >= 0.3 is 0 Å². The third-order valence-electron chi connectivity index (χ3n) is 6.67. The Kier molecular flexibility index (Phi) is 5.91. The third kappa shape index (κ3) is 4.06. The summed E-state index contributed by atoms with van der Waals surface area (Å²) in [7, 11) is 0. The molecule has 0 N–H and O–H groups in total. The van der Waals surface area contributed by atoms with Gasteiger partial charge in [-0.1, -0.05) is 11.6 Å². The van der Waals surface area contributed by atoms with E-state index in [2.05, 4.69) is 11.8 Å². The van der Waals surface area contributed by atoms with Gasteiger partial charge in [0.1, 0.15) is 12.4 Å². The van der Waals surface area contributed by atoms with Gasteiger partial charge in [0, 0.05) is 60.6 Å². The fourth-order valence-corrected chi connectivity index (χ4v) is 5.22. The van der Waals surface area contributed by atoms with Gasteiger partial charge in [0.25, 0.3) is 5.91 Å². The van der Waals surface area contributed by atoms with Crippen molar-refractivity contribution in [1.82, 2.24) is 19.6 Å². The molecule has 1 saturated heterocycles. The van der Waals surface area contributed by atoms with Crippen molar-refractivity contribution in [2.24, 2.45) is 0 Å². The lowest BCUT2D eigenvalue weighted by atomic mass is 9.89. The number of nitrogens with zero attached hydrogens (tertiary/aromatic N) is 4. The molecule has 1 aromatic carbocycles. The van der Waals surface area contributed by atoms with Crippen LogP contribution < -0.4 is 4.74 Å². The van der Waals surface area contributed by atoms with Crippen molar-refractivity contribution in [2.75, 3.05) is 39.5 Å². The molecular formula is C23H29ClN4O3. The average Bonchev–Trinajstić information content (AvgIpc) is 3.04. The summed E-state index contributed by atoms with van der Waals surface area (Å²) < 4.78 is 13.4. The van der Waals surface area contributed by atoms with E-state index in [1.165, 1.54) is 5.69 Å². The van der Waals surface area contributed by atoms with Crippen LogP contribution in [0, 0.1) is 0 Å². The monoisotopic (exact) mass is 444 g/mol. The van der Waals surface area contributed by atoms with Crippen LogP contribution in [0.25, 0.3) is 0 Å². The van der Waals surface area contributed by atoms with Crippen LogP contribution >= 0.6 is 11.6 Å². The first-order valence-electron chi connectivity index (χ1n) is 11.2. The molecule has 2 aromatic rings. The molecule has 2 aliphatic heterocycles. The predicted molar refractivity (Wildman–Crippen MR) is 118 cm³/mol. The third-order valence-corrected chi connectivity index (χ3v) is 6.90. The second kappa shape index (κ2) is 8.81. The van der Waals surface area contributed by atoms with Crippen LogP contribution in [0.1, 0.15) is 40.7 Å². The van der Waals surface area contributed by atoms with Crippen molar-refractivity contribution >= 4 is 17.5 Å². The molecule has 3 heterocycles. The maximum Gasteiger partial charge on any atom is 0.274 e. The maximum absolute atomic E-state index is 13.3. The second-order valence-electron chi connectivity index (χ2n) is 8.46. The van der Waals surface area contributed by atoms with Gasteiger partial charge in [-0.05, 0) is 44.4 Å². The van der Waals surface area contributed by atoms with Crippen LogP contribution in [0.4, 0.5) is 0 Å². The van der Waals surface area contributed by atoms with Gasteiger partial charge in [-0.25, -0.2) is 0 Å². The SMILES string of the molecule is CCn1nc(C(=O)N2CCOCC2)c2c1CCC(N1CCOc3ccc(Cl)cc3C1)C2. The zero-order valence-corrected chi connectivity index (χ0v) is 18.7. The summed E-state index contributed by atoms with van der Waals surface area (Å²) in [5.41, 5.74) is 4.12. The zero-order chi connectivity index (χ0) is 21.4. The molecule has 1 aromatic heterocycles. The molecule has 1 fully saturated rings. The number of ether oxygens (including phenoxy) is 2. The van der Waals surface area contributed by atoms with E-state index < -0.39 is 0 Å². The highest BCUT2D eigenvalue weighted by Gasteiger charge is 2.34. The van der Waals surface area contributed by atoms with Crippen molar-refractivity contribution < 1.29 is 14.3 Å². The van der Waals surface area contributed by atoms with Crippen LogP contribution in [0.2, 0.25) is 5.02 Å². The number of amides is 1. The van der Waals surface area contributed by atoms with E-state index >= 15 is 0 Å². The number of aromatic nitrogens is 2. The number of halogens is 1. The Morgan fingerprint density at radius 1 is 1.23 bits per heavy atom. The summed E-state index contributed by atoms with van der Waals surface area (Å²) in [4.78, 5) is 17.7. The normalized spacial score (nSPS) is 21.7. The number of carbonyl (C=O) groups excluding carboxylic acids is 1. The highest BCUT2D eigenvalue weighted by molar-refractivity contribution is 6.30. The van der Waals surface area contributed by atoms with Crippen molar-refractivity contribution in [3.63, 3.8) is 0 Å². The molecule has 0 spiro atoms. The van der Waals surface area contributed by atoms with Gasteiger partial charge in [-0.3, -0.25) is 14.4 Å². The topological polar surface area (TPSA) is 59.8 Å². The zero-order valence-electron chi connectivity index (χ0n) is 18.0. The summed E-state index contributed by atoms with van der Waals surface area (Å²) in [6.07, 6.45) is 2.84. The molecule has 31 heavy (non-hydrogen) atoms. The molecule has 8 heteroatoms. The fourth-order valence-electron chi connectivity index (χ4n) is 5.03. The smallest absolute Gasteiger partial charge is 0.274 e. The molecule has 7 nitrogen and oxygen atoms in total. The van der Waals surface area contributed by atoms with Gasteiger partial charge in [0.2, 0.25) is 0 Å². The van der Waals surface area contributed by atoms with Crippen LogP contribution in [0.5, 0.6) is 5.75 Å². The number of aryl methyl sites for hydroxylation is 1. The summed E-state index contributed by atoms with van der Waals surface area (Å²) in [6.45, 7) is 7.68. The first-order chi connectivity index (χ1) is 15.1. The summed E-state index contributed by atoms with van der Waals surface area (Å²) in [5.74, 6) is 0.967. The Balaban J connectivity index is 1.40. The lowest BCUT2D eigenvalue weighted by Crippen LogP contribution is -2.42. The lowest BCUT2D eigenvalue weighted by Gasteiger charge is -2.33. The van der Waals surface area contributed by atoms with Crippen LogP contribution in [0.3, 0.4) is 0 Å². The van der Waals surface area contributed by atoms with Gasteiger partial charge in [-0.15, -0.1) is 0 Å². The van der Waals surface area contributed by atoms with Crippen molar-refractivity contribution in [3.8, 4) is 5.75 Å². The quantitative estimate of drug-likeness (QED) is 0.728. The van der Waals surface area contributed by atoms with E-state index in [0.29, 0.717) is 44.6 Å². The van der Waals surface area contributed by atoms with Crippen molar-refractivity contribution in [3.05, 3.63) is 45.7 Å². The molecule has 166 valence electrons. The molecule has 1 aliphatic carbocycles. The molecular weight excluding hydrogens is 416 g/mol. The Morgan fingerprint density at radius 3 is 2.87 bits per heavy atom. The molecule has 3 aliphatic rings. The van der Waals surface area contributed by atoms with E-state index in [-0.39, 0.29) is 5.91 Å². The number of benzene rings is 1. The Morgan fingerprint density at radius 2 is 2.06 bits per heavy atom. The van der Waals surface area contributed by atoms with Gasteiger partial charge < -0.3 is 14.4 Å². The number of carbonyl (C=O) groups is 1. The summed E-state index contributed by atoms with van der Waals surface area (Å²) in [6, 6.07) is 6.20. The molecule has 0 saturated carbocycles. The average molecular weight is 445 g/mol. The number of hydrogen-bond donors (Lipinski definition) is 0. The Hall–Kier alpha value is -2.09. The maximum atomic E-state index is 13.3. The largest absolute Gasteiger partial charge is 0.492 e. The molecule has 1 amide bonds. The van der Waals surface area contributed by atoms with E-state index in [9.17, 15) is 4.79 Å². The van der Waals surface area contributed by atoms with Crippen LogP contribution in [-0.2, 0) is 30.7 Å². The number of morpholine rings is 1. The van der Waals surface area contributed by atoms with Crippen LogP contribution in [-0.4, -0.2) is 71.0 Å². The fraction of sp³-hybridized carbons (Fsp3) is 0.565. The van der Waals surface area contributed by atoms with E-state index in [1.807, 2.05) is 27.8 Å². The molecule has 1 unspecified atom stereocenters. The number of rotatable bonds is 3. The van der Waals surface area contributed by atoms with Crippen molar-refractivity contribution in [1.29, 1.82) is 0 Å². The number of fused-ring (bicyclic) bond motifs is 2. The Bertz CT molecular complexity index is 970. The molecule has 1 atom stereocenters. The highest BCUT2D eigenvalue weighted by Crippen LogP contribution is 2.32. The minimum atomic E-state index is 0.0451. The van der Waals surface area contributed by atoms with E-state index in [1.54, 1.807) is 0 Å². The minimum Gasteiger partial charge on any atom is -0.492 e. The molecule has 0 bridgehead atoms. The van der Waals surface area contributed by atoms with Gasteiger partial charge in [-0.2, -0.15) is 5.10 Å². The summed E-state index contributed by atoms with van der Waals surface area (Å²) >= 11 is 6.24.